The summed E-state index contributed by atoms with van der Waals surface area (Å²) < 4.78 is 4.46. The van der Waals surface area contributed by atoms with E-state index >= 15 is 0 Å². The molecule has 4 rings (SSSR count). The van der Waals surface area contributed by atoms with Gasteiger partial charge in [-0.3, -0.25) is 14.4 Å². The molecule has 3 fully saturated rings. The van der Waals surface area contributed by atoms with Crippen LogP contribution >= 0.6 is 15.9 Å². The van der Waals surface area contributed by atoms with E-state index in [1.807, 2.05) is 6.08 Å². The molecule has 0 spiro atoms. The van der Waals surface area contributed by atoms with Crippen LogP contribution in [0.3, 0.4) is 0 Å². The van der Waals surface area contributed by atoms with Crippen LogP contribution in [0.4, 0.5) is 0 Å². The third-order valence-corrected chi connectivity index (χ3v) is 10.7. The maximum absolute atomic E-state index is 13.1. The average molecular weight is 479 g/mol. The molecule has 30 heavy (non-hydrogen) atoms. The van der Waals surface area contributed by atoms with Gasteiger partial charge in [-0.15, -0.1) is 0 Å². The first-order chi connectivity index (χ1) is 13.9. The number of hydrogen-bond donors (Lipinski definition) is 1. The summed E-state index contributed by atoms with van der Waals surface area (Å²) >= 11 is 4.04. The van der Waals surface area contributed by atoms with Gasteiger partial charge in [-0.2, -0.15) is 0 Å². The first-order valence-corrected chi connectivity index (χ1v) is 11.7. The van der Waals surface area contributed by atoms with Gasteiger partial charge in [0.2, 0.25) is 0 Å². The van der Waals surface area contributed by atoms with Crippen molar-refractivity contribution < 1.29 is 24.2 Å². The van der Waals surface area contributed by atoms with Gasteiger partial charge in [0.25, 0.3) is 0 Å². The molecular formula is C24H31BrO5. The van der Waals surface area contributed by atoms with Gasteiger partial charge in [0.1, 0.15) is 6.61 Å². The third kappa shape index (κ3) is 2.85. The maximum atomic E-state index is 13.1. The molecule has 4 aliphatic carbocycles. The van der Waals surface area contributed by atoms with Crippen molar-refractivity contribution in [2.45, 2.75) is 63.8 Å². The first-order valence-electron chi connectivity index (χ1n) is 10.9. The Kier molecular flexibility index (Phi) is 5.21. The highest BCUT2D eigenvalue weighted by Crippen LogP contribution is 2.71. The minimum atomic E-state index is -0.662. The number of ether oxygens (including phenoxy) is 1. The Morgan fingerprint density at radius 1 is 1.30 bits per heavy atom. The quantitative estimate of drug-likeness (QED) is 0.493. The number of halogens is 1. The molecular weight excluding hydrogens is 448 g/mol. The predicted molar refractivity (Wildman–Crippen MR) is 116 cm³/mol. The van der Waals surface area contributed by atoms with Gasteiger partial charge in [-0.05, 0) is 61.0 Å². The number of aliphatic hydroxyl groups excluding tert-OH is 1. The topological polar surface area (TPSA) is 80.7 Å². The number of esters is 1. The largest absolute Gasteiger partial charge is 0.458 e. The lowest BCUT2D eigenvalue weighted by atomic mass is 9.46. The average Bonchev–Trinajstić information content (AvgIpc) is 2.91. The lowest BCUT2D eigenvalue weighted by Gasteiger charge is -2.63. The van der Waals surface area contributed by atoms with Crippen molar-refractivity contribution in [1.82, 2.24) is 0 Å². The number of alkyl halides is 1. The van der Waals surface area contributed by atoms with E-state index < -0.39 is 21.8 Å². The van der Waals surface area contributed by atoms with E-state index in [-0.39, 0.29) is 47.3 Å². The van der Waals surface area contributed by atoms with Crippen molar-refractivity contribution in [2.75, 3.05) is 6.61 Å². The number of carbonyl (C=O) groups excluding carboxylic acids is 3. The number of rotatable bonds is 3. The van der Waals surface area contributed by atoms with Gasteiger partial charge in [0.05, 0.1) is 10.4 Å². The molecule has 0 radical (unpaired) electrons. The number of fused-ring (bicyclic) bond motifs is 5. The van der Waals surface area contributed by atoms with E-state index in [2.05, 4.69) is 36.7 Å². The van der Waals surface area contributed by atoms with Crippen molar-refractivity contribution in [3.63, 3.8) is 0 Å². The van der Waals surface area contributed by atoms with Crippen molar-refractivity contribution in [3.05, 3.63) is 23.8 Å². The number of ketones is 2. The molecule has 0 aliphatic heterocycles. The van der Waals surface area contributed by atoms with Crippen LogP contribution in [0.2, 0.25) is 0 Å². The SMILES string of the molecule is CC(=O)OCC(=O)[C@H]1[C@H](C)C[C@H]2[C@@H]3CCC4=CC(=O)C=C[C@]4(C)[C@@]3(Br)[C@@H](O)C[C@@]21C. The van der Waals surface area contributed by atoms with Crippen LogP contribution in [0.5, 0.6) is 0 Å². The summed E-state index contributed by atoms with van der Waals surface area (Å²) in [5.74, 6) is -0.0937. The molecule has 1 N–H and O–H groups in total. The van der Waals surface area contributed by atoms with Gasteiger partial charge in [0, 0.05) is 18.3 Å². The van der Waals surface area contributed by atoms with E-state index in [1.165, 1.54) is 6.92 Å². The molecule has 0 amide bonds. The Balaban J connectivity index is 1.71. The van der Waals surface area contributed by atoms with Crippen LogP contribution in [0.1, 0.15) is 53.4 Å². The highest BCUT2D eigenvalue weighted by Gasteiger charge is 2.70. The number of aliphatic hydroxyl groups is 1. The lowest BCUT2D eigenvalue weighted by Crippen LogP contribution is -2.65. The lowest BCUT2D eigenvalue weighted by molar-refractivity contribution is -0.151. The zero-order valence-electron chi connectivity index (χ0n) is 18.1. The second kappa shape index (κ2) is 7.13. The fourth-order valence-corrected chi connectivity index (χ4v) is 8.62. The Hall–Kier alpha value is -1.27. The van der Waals surface area contributed by atoms with Crippen molar-refractivity contribution in [2.24, 2.45) is 34.5 Å². The zero-order chi connectivity index (χ0) is 22.1. The second-order valence-electron chi connectivity index (χ2n) is 10.3. The Bertz CT molecular complexity index is 862. The van der Waals surface area contributed by atoms with Crippen LogP contribution in [-0.4, -0.2) is 39.7 Å². The van der Waals surface area contributed by atoms with Gasteiger partial charge in [-0.25, -0.2) is 0 Å². The fraction of sp³-hybridized carbons (Fsp3) is 0.708. The van der Waals surface area contributed by atoms with Gasteiger partial charge < -0.3 is 9.84 Å². The molecule has 0 aromatic heterocycles. The van der Waals surface area contributed by atoms with Crippen LogP contribution in [-0.2, 0) is 19.1 Å². The molecule has 0 saturated heterocycles. The maximum Gasteiger partial charge on any atom is 0.303 e. The normalized spacial score (nSPS) is 47.1. The number of hydrogen-bond acceptors (Lipinski definition) is 5. The molecule has 164 valence electrons. The van der Waals surface area contributed by atoms with E-state index in [9.17, 15) is 19.5 Å². The first kappa shape index (κ1) is 21.9. The third-order valence-electron chi connectivity index (χ3n) is 8.75. The van der Waals surface area contributed by atoms with Crippen LogP contribution in [0.25, 0.3) is 0 Å². The van der Waals surface area contributed by atoms with E-state index in [1.54, 1.807) is 12.2 Å². The van der Waals surface area contributed by atoms with Gasteiger partial charge in [-0.1, -0.05) is 48.4 Å². The molecule has 0 heterocycles. The number of carbonyl (C=O) groups is 3. The minimum absolute atomic E-state index is 0.0118. The fourth-order valence-electron chi connectivity index (χ4n) is 7.53. The molecule has 8 atom stereocenters. The van der Waals surface area contributed by atoms with Crippen LogP contribution in [0, 0.1) is 34.5 Å². The van der Waals surface area contributed by atoms with Crippen molar-refractivity contribution in [3.8, 4) is 0 Å². The molecule has 0 aromatic carbocycles. The predicted octanol–water partition coefficient (Wildman–Crippen LogP) is 3.78. The molecule has 0 aromatic rings. The summed E-state index contributed by atoms with van der Waals surface area (Å²) in [6.07, 6.45) is 7.79. The second-order valence-corrected chi connectivity index (χ2v) is 11.6. The highest BCUT2D eigenvalue weighted by atomic mass is 79.9. The monoisotopic (exact) mass is 478 g/mol. The Labute approximate surface area is 186 Å². The summed E-state index contributed by atoms with van der Waals surface area (Å²) in [6.45, 7) is 7.49. The summed E-state index contributed by atoms with van der Waals surface area (Å²) in [5.41, 5.74) is 0.302. The molecule has 4 aliphatic rings. The number of allylic oxidation sites excluding steroid dienone is 4. The zero-order valence-corrected chi connectivity index (χ0v) is 19.7. The van der Waals surface area contributed by atoms with Crippen molar-refractivity contribution in [1.29, 1.82) is 0 Å². The summed E-state index contributed by atoms with van der Waals surface area (Å²) in [6, 6.07) is 0. The van der Waals surface area contributed by atoms with E-state index in [0.717, 1.165) is 24.8 Å². The van der Waals surface area contributed by atoms with E-state index in [4.69, 9.17) is 4.74 Å². The molecule has 5 nitrogen and oxygen atoms in total. The summed E-state index contributed by atoms with van der Waals surface area (Å²) in [4.78, 5) is 36.3. The number of Topliss-reactive ketones (excluding diaryl/α,β-unsaturated/α-hetero) is 1. The molecule has 3 saturated carbocycles. The Morgan fingerprint density at radius 3 is 2.67 bits per heavy atom. The minimum Gasteiger partial charge on any atom is -0.458 e. The van der Waals surface area contributed by atoms with E-state index in [0.29, 0.717) is 6.42 Å². The van der Waals surface area contributed by atoms with Gasteiger partial charge >= 0.3 is 5.97 Å². The van der Waals surface area contributed by atoms with Crippen molar-refractivity contribution >= 4 is 33.5 Å². The summed E-state index contributed by atoms with van der Waals surface area (Å²) in [7, 11) is 0. The Morgan fingerprint density at radius 2 is 2.00 bits per heavy atom. The molecule has 0 bridgehead atoms. The highest BCUT2D eigenvalue weighted by molar-refractivity contribution is 9.10. The molecule has 6 heteroatoms. The smallest absolute Gasteiger partial charge is 0.303 e. The van der Waals surface area contributed by atoms with Crippen LogP contribution in [0.15, 0.2) is 23.8 Å². The van der Waals surface area contributed by atoms with Crippen LogP contribution < -0.4 is 0 Å². The molecule has 0 unspecified atom stereocenters. The summed E-state index contributed by atoms with van der Waals surface area (Å²) in [5, 5.41) is 11.6. The van der Waals surface area contributed by atoms with Gasteiger partial charge in [0.15, 0.2) is 11.6 Å². The standard InChI is InChI=1S/C24H31BrO5/c1-13-9-18-17-6-5-15-10-16(27)7-8-23(15,4)24(17,25)20(29)11-22(18,3)21(13)19(28)12-30-14(2)26/h7-8,10,13,17-18,20-21,29H,5-6,9,11-12H2,1-4H3/t13-,17+,18+,20+,21-,22+,23+,24+/m1/s1.